The molecule has 0 aliphatic rings. The lowest BCUT2D eigenvalue weighted by atomic mass is 10.2. The number of nitrogens with one attached hydrogen (secondary N) is 2. The normalized spacial score (nSPS) is 10.3. The predicted octanol–water partition coefficient (Wildman–Crippen LogP) is 3.09. The summed E-state index contributed by atoms with van der Waals surface area (Å²) in [6.45, 7) is 0. The predicted molar refractivity (Wildman–Crippen MR) is 92.9 cm³/mol. The molecule has 25 heavy (non-hydrogen) atoms. The van der Waals surface area contributed by atoms with Crippen molar-refractivity contribution < 1.29 is 14.0 Å². The van der Waals surface area contributed by atoms with E-state index in [1.165, 1.54) is 29.7 Å². The smallest absolute Gasteiger partial charge is 0.316 e. The van der Waals surface area contributed by atoms with Crippen molar-refractivity contribution >= 4 is 34.6 Å². The van der Waals surface area contributed by atoms with Crippen LogP contribution in [0.1, 0.15) is 9.67 Å². The Morgan fingerprint density at radius 1 is 1.16 bits per heavy atom. The van der Waals surface area contributed by atoms with Gasteiger partial charge in [-0.3, -0.25) is 9.78 Å². The number of rotatable bonds is 4. The summed E-state index contributed by atoms with van der Waals surface area (Å²) >= 11 is 1.20. The van der Waals surface area contributed by atoms with Crippen LogP contribution in [0.25, 0.3) is 10.6 Å². The van der Waals surface area contributed by atoms with Crippen LogP contribution in [-0.4, -0.2) is 21.9 Å². The van der Waals surface area contributed by atoms with Gasteiger partial charge in [0.2, 0.25) is 0 Å². The fraction of sp³-hybridized carbons (Fsp3) is 0. The molecule has 0 saturated carbocycles. The molecule has 0 spiro atoms. The SMILES string of the molecule is NC(=O)Nc1cc(NC(=O)c2cnc(-c3cccnc3)s2)ccc1F. The first-order chi connectivity index (χ1) is 12.0. The van der Waals surface area contributed by atoms with Crippen molar-refractivity contribution in [1.29, 1.82) is 0 Å². The highest BCUT2D eigenvalue weighted by molar-refractivity contribution is 7.17. The fourth-order valence-electron chi connectivity index (χ4n) is 2.03. The molecule has 0 bridgehead atoms. The number of halogens is 1. The zero-order valence-corrected chi connectivity index (χ0v) is 13.5. The van der Waals surface area contributed by atoms with Crippen LogP contribution < -0.4 is 16.4 Å². The molecule has 0 aliphatic carbocycles. The molecule has 0 unspecified atom stereocenters. The van der Waals surface area contributed by atoms with Gasteiger partial charge in [0, 0.05) is 23.6 Å². The average molecular weight is 357 g/mol. The number of nitrogens with zero attached hydrogens (tertiary/aromatic N) is 2. The number of nitrogens with two attached hydrogens (primary N) is 1. The fourth-order valence-corrected chi connectivity index (χ4v) is 2.83. The van der Waals surface area contributed by atoms with Gasteiger partial charge in [-0.1, -0.05) is 0 Å². The van der Waals surface area contributed by atoms with Crippen molar-refractivity contribution in [3.8, 4) is 10.6 Å². The van der Waals surface area contributed by atoms with E-state index in [4.69, 9.17) is 5.73 Å². The Hall–Kier alpha value is -3.33. The highest BCUT2D eigenvalue weighted by Crippen LogP contribution is 2.25. The highest BCUT2D eigenvalue weighted by Gasteiger charge is 2.13. The molecule has 3 amide bonds. The molecule has 0 radical (unpaired) electrons. The maximum atomic E-state index is 13.6. The number of amides is 3. The van der Waals surface area contributed by atoms with Crippen LogP contribution in [0.3, 0.4) is 0 Å². The molecule has 126 valence electrons. The average Bonchev–Trinajstić information content (AvgIpc) is 3.08. The van der Waals surface area contributed by atoms with E-state index >= 15 is 0 Å². The largest absolute Gasteiger partial charge is 0.351 e. The summed E-state index contributed by atoms with van der Waals surface area (Å²) in [6.07, 6.45) is 4.76. The number of benzene rings is 1. The molecule has 1 aromatic carbocycles. The minimum Gasteiger partial charge on any atom is -0.351 e. The third-order valence-corrected chi connectivity index (χ3v) is 4.17. The second-order valence-corrected chi connectivity index (χ2v) is 5.94. The number of anilines is 2. The van der Waals surface area contributed by atoms with Gasteiger partial charge >= 0.3 is 6.03 Å². The second kappa shape index (κ2) is 7.05. The molecule has 3 rings (SSSR count). The number of pyridine rings is 1. The van der Waals surface area contributed by atoms with Crippen molar-refractivity contribution in [2.45, 2.75) is 0 Å². The van der Waals surface area contributed by atoms with E-state index in [2.05, 4.69) is 20.6 Å². The van der Waals surface area contributed by atoms with Gasteiger partial charge in [-0.15, -0.1) is 11.3 Å². The van der Waals surface area contributed by atoms with Crippen molar-refractivity contribution in [2.24, 2.45) is 5.73 Å². The van der Waals surface area contributed by atoms with Crippen LogP contribution >= 0.6 is 11.3 Å². The maximum absolute atomic E-state index is 13.6. The summed E-state index contributed by atoms with van der Waals surface area (Å²) in [7, 11) is 0. The van der Waals surface area contributed by atoms with E-state index in [-0.39, 0.29) is 5.69 Å². The minimum atomic E-state index is -0.897. The number of thiazole rings is 1. The summed E-state index contributed by atoms with van der Waals surface area (Å²) in [5.74, 6) is -1.06. The number of primary amides is 1. The minimum absolute atomic E-state index is 0.120. The number of carbonyl (C=O) groups excluding carboxylic acids is 2. The van der Waals surface area contributed by atoms with E-state index in [1.54, 1.807) is 18.5 Å². The number of hydrogen-bond donors (Lipinski definition) is 3. The van der Waals surface area contributed by atoms with Crippen molar-refractivity contribution in [1.82, 2.24) is 9.97 Å². The van der Waals surface area contributed by atoms with E-state index in [0.29, 0.717) is 15.6 Å². The van der Waals surface area contributed by atoms with Gasteiger partial charge in [0.25, 0.3) is 5.91 Å². The molecule has 9 heteroatoms. The third-order valence-electron chi connectivity index (χ3n) is 3.12. The van der Waals surface area contributed by atoms with Crippen molar-refractivity contribution in [3.63, 3.8) is 0 Å². The Morgan fingerprint density at radius 2 is 2.00 bits per heavy atom. The van der Waals surface area contributed by atoms with Gasteiger partial charge in [0.15, 0.2) is 0 Å². The van der Waals surface area contributed by atoms with Crippen LogP contribution in [0.4, 0.5) is 20.6 Å². The van der Waals surface area contributed by atoms with Crippen LogP contribution in [0.5, 0.6) is 0 Å². The zero-order chi connectivity index (χ0) is 17.8. The first-order valence-corrected chi connectivity index (χ1v) is 7.88. The molecule has 0 saturated heterocycles. The summed E-state index contributed by atoms with van der Waals surface area (Å²) in [4.78, 5) is 31.8. The van der Waals surface area contributed by atoms with Gasteiger partial charge in [-0.25, -0.2) is 14.2 Å². The van der Waals surface area contributed by atoms with Crippen LogP contribution in [0.15, 0.2) is 48.9 Å². The Kier molecular flexibility index (Phi) is 4.66. The lowest BCUT2D eigenvalue weighted by molar-refractivity contribution is 0.103. The molecule has 2 heterocycles. The van der Waals surface area contributed by atoms with E-state index < -0.39 is 17.8 Å². The first kappa shape index (κ1) is 16.5. The maximum Gasteiger partial charge on any atom is 0.316 e. The van der Waals surface area contributed by atoms with Crippen molar-refractivity contribution in [3.05, 3.63) is 59.6 Å². The standard InChI is InChI=1S/C16H12FN5O2S/c17-11-4-3-10(6-12(11)22-16(18)24)21-14(23)13-8-20-15(25-13)9-2-1-5-19-7-9/h1-8H,(H,21,23)(H3,18,22,24). The molecule has 3 aromatic rings. The first-order valence-electron chi connectivity index (χ1n) is 7.06. The Bertz CT molecular complexity index is 929. The van der Waals surface area contributed by atoms with Crippen LogP contribution in [0, 0.1) is 5.82 Å². The Balaban J connectivity index is 1.77. The number of carbonyl (C=O) groups is 2. The number of hydrogen-bond acceptors (Lipinski definition) is 5. The molecule has 0 atom stereocenters. The van der Waals surface area contributed by atoms with Crippen molar-refractivity contribution in [2.75, 3.05) is 10.6 Å². The molecule has 7 nitrogen and oxygen atoms in total. The quantitative estimate of drug-likeness (QED) is 0.666. The summed E-state index contributed by atoms with van der Waals surface area (Å²) in [6, 6.07) is 6.50. The van der Waals surface area contributed by atoms with Gasteiger partial charge in [-0.2, -0.15) is 0 Å². The van der Waals surface area contributed by atoms with Gasteiger partial charge in [0.1, 0.15) is 15.7 Å². The molecule has 2 aromatic heterocycles. The second-order valence-electron chi connectivity index (χ2n) is 4.91. The summed E-state index contributed by atoms with van der Waals surface area (Å²) in [5, 5.41) is 5.43. The Labute approximate surface area is 145 Å². The van der Waals surface area contributed by atoms with E-state index in [1.807, 2.05) is 6.07 Å². The van der Waals surface area contributed by atoms with E-state index in [9.17, 15) is 14.0 Å². The van der Waals surface area contributed by atoms with Gasteiger partial charge in [-0.05, 0) is 30.3 Å². The monoisotopic (exact) mass is 357 g/mol. The van der Waals surface area contributed by atoms with Crippen LogP contribution in [0.2, 0.25) is 0 Å². The van der Waals surface area contributed by atoms with Gasteiger partial charge < -0.3 is 16.4 Å². The number of aromatic nitrogens is 2. The topological polar surface area (TPSA) is 110 Å². The summed E-state index contributed by atoms with van der Waals surface area (Å²) in [5.41, 5.74) is 5.98. The highest BCUT2D eigenvalue weighted by atomic mass is 32.1. The lowest BCUT2D eigenvalue weighted by Gasteiger charge is -2.07. The summed E-state index contributed by atoms with van der Waals surface area (Å²) < 4.78 is 13.6. The molecular weight excluding hydrogens is 345 g/mol. The van der Waals surface area contributed by atoms with Gasteiger partial charge in [0.05, 0.1) is 11.9 Å². The Morgan fingerprint density at radius 3 is 2.72 bits per heavy atom. The molecular formula is C16H12FN5O2S. The number of urea groups is 1. The molecule has 0 aliphatic heterocycles. The van der Waals surface area contributed by atoms with Crippen LogP contribution in [-0.2, 0) is 0 Å². The van der Waals surface area contributed by atoms with E-state index in [0.717, 1.165) is 11.6 Å². The molecule has 0 fully saturated rings. The third kappa shape index (κ3) is 3.96. The zero-order valence-electron chi connectivity index (χ0n) is 12.7. The molecule has 4 N–H and O–H groups in total. The lowest BCUT2D eigenvalue weighted by Crippen LogP contribution is -2.20.